The Morgan fingerprint density at radius 2 is 1.75 bits per heavy atom. The van der Waals surface area contributed by atoms with E-state index in [0.29, 0.717) is 4.90 Å². The van der Waals surface area contributed by atoms with Crippen molar-refractivity contribution >= 4 is 10.0 Å². The van der Waals surface area contributed by atoms with Gasteiger partial charge in [0, 0.05) is 6.04 Å². The third-order valence-electron chi connectivity index (χ3n) is 3.81. The number of sulfonamides is 1. The van der Waals surface area contributed by atoms with Crippen molar-refractivity contribution in [1.82, 2.24) is 4.72 Å². The quantitative estimate of drug-likeness (QED) is 0.943. The predicted molar refractivity (Wildman–Crippen MR) is 79.0 cm³/mol. The minimum atomic E-state index is -3.47. The van der Waals surface area contributed by atoms with Crippen LogP contribution in [0.3, 0.4) is 0 Å². The van der Waals surface area contributed by atoms with Crippen molar-refractivity contribution in [2.75, 3.05) is 0 Å². The Morgan fingerprint density at radius 1 is 1.05 bits per heavy atom. The molecule has 0 heterocycles. The van der Waals surface area contributed by atoms with Gasteiger partial charge in [-0.3, -0.25) is 0 Å². The molecular weight excluding hydrogens is 270 g/mol. The number of rotatable bonds is 3. The van der Waals surface area contributed by atoms with Crippen molar-refractivity contribution < 1.29 is 8.42 Å². The molecule has 0 amide bonds. The van der Waals surface area contributed by atoms with Gasteiger partial charge in [-0.25, -0.2) is 13.1 Å². The van der Waals surface area contributed by atoms with Crippen LogP contribution in [0.4, 0.5) is 0 Å². The molecule has 2 aromatic carbocycles. The van der Waals surface area contributed by atoms with Gasteiger partial charge < -0.3 is 0 Å². The number of hydrogen-bond donors (Lipinski definition) is 1. The molecule has 0 aromatic heterocycles. The smallest absolute Gasteiger partial charge is 0.207 e. The molecule has 1 N–H and O–H groups in total. The van der Waals surface area contributed by atoms with Crippen LogP contribution in [0, 0.1) is 6.92 Å². The third kappa shape index (κ3) is 2.37. The Labute approximate surface area is 119 Å². The first kappa shape index (κ1) is 13.3. The summed E-state index contributed by atoms with van der Waals surface area (Å²) >= 11 is 0. The first-order chi connectivity index (χ1) is 9.58. The van der Waals surface area contributed by atoms with Gasteiger partial charge in [-0.1, -0.05) is 42.5 Å². The highest BCUT2D eigenvalue weighted by atomic mass is 32.2. The number of nitrogens with one attached hydrogen (secondary N) is 1. The lowest BCUT2D eigenvalue weighted by Gasteiger charge is -2.15. The molecule has 4 heteroatoms. The molecule has 1 aliphatic rings. The van der Waals surface area contributed by atoms with E-state index in [1.165, 1.54) is 5.56 Å². The van der Waals surface area contributed by atoms with E-state index in [2.05, 4.69) is 10.8 Å². The first-order valence-corrected chi connectivity index (χ1v) is 8.22. The molecule has 2 aromatic rings. The van der Waals surface area contributed by atoms with E-state index in [9.17, 15) is 8.42 Å². The summed E-state index contributed by atoms with van der Waals surface area (Å²) in [7, 11) is -3.47. The van der Waals surface area contributed by atoms with Crippen molar-refractivity contribution in [2.24, 2.45) is 0 Å². The van der Waals surface area contributed by atoms with Gasteiger partial charge in [0.15, 0.2) is 0 Å². The molecule has 3 nitrogen and oxygen atoms in total. The summed E-state index contributed by atoms with van der Waals surface area (Å²) in [5.74, 6) is 0. The summed E-state index contributed by atoms with van der Waals surface area (Å²) < 4.78 is 27.9. The summed E-state index contributed by atoms with van der Waals surface area (Å²) in [6.45, 7) is 1.82. The molecule has 20 heavy (non-hydrogen) atoms. The molecule has 0 bridgehead atoms. The minimum Gasteiger partial charge on any atom is -0.207 e. The lowest BCUT2D eigenvalue weighted by molar-refractivity contribution is 0.554. The summed E-state index contributed by atoms with van der Waals surface area (Å²) in [6, 6.07) is 15.0. The fourth-order valence-corrected chi connectivity index (χ4v) is 4.28. The van der Waals surface area contributed by atoms with E-state index < -0.39 is 10.0 Å². The molecule has 0 fully saturated rings. The van der Waals surface area contributed by atoms with Crippen LogP contribution in [0.15, 0.2) is 53.4 Å². The van der Waals surface area contributed by atoms with E-state index in [-0.39, 0.29) is 6.04 Å². The summed E-state index contributed by atoms with van der Waals surface area (Å²) in [4.78, 5) is 0.365. The Morgan fingerprint density at radius 3 is 2.55 bits per heavy atom. The lowest BCUT2D eigenvalue weighted by atomic mass is 10.1. The van der Waals surface area contributed by atoms with Crippen LogP contribution in [-0.2, 0) is 16.4 Å². The van der Waals surface area contributed by atoms with Crippen LogP contribution in [0.25, 0.3) is 0 Å². The van der Waals surface area contributed by atoms with Crippen LogP contribution in [0.1, 0.15) is 29.2 Å². The van der Waals surface area contributed by atoms with Crippen molar-refractivity contribution in [2.45, 2.75) is 30.7 Å². The van der Waals surface area contributed by atoms with Gasteiger partial charge >= 0.3 is 0 Å². The summed E-state index contributed by atoms with van der Waals surface area (Å²) in [5.41, 5.74) is 3.11. The Kier molecular flexibility index (Phi) is 3.36. The molecule has 1 aliphatic carbocycles. The molecule has 0 saturated heterocycles. The summed E-state index contributed by atoms with van der Waals surface area (Å²) in [5, 5.41) is 0. The lowest BCUT2D eigenvalue weighted by Crippen LogP contribution is -2.27. The largest absolute Gasteiger partial charge is 0.241 e. The summed E-state index contributed by atoms with van der Waals surface area (Å²) in [6.07, 6.45) is 1.75. The highest BCUT2D eigenvalue weighted by Crippen LogP contribution is 2.32. The molecule has 1 atom stereocenters. The molecule has 0 radical (unpaired) electrons. The average molecular weight is 287 g/mol. The normalized spacial score (nSPS) is 17.9. The molecule has 104 valence electrons. The van der Waals surface area contributed by atoms with Gasteiger partial charge in [-0.15, -0.1) is 0 Å². The van der Waals surface area contributed by atoms with Gasteiger partial charge in [0.25, 0.3) is 0 Å². The van der Waals surface area contributed by atoms with Gasteiger partial charge in [0.2, 0.25) is 10.0 Å². The van der Waals surface area contributed by atoms with Crippen LogP contribution in [-0.4, -0.2) is 8.42 Å². The van der Waals surface area contributed by atoms with E-state index in [1.54, 1.807) is 12.1 Å². The van der Waals surface area contributed by atoms with E-state index in [4.69, 9.17) is 0 Å². The third-order valence-corrected chi connectivity index (χ3v) is 5.45. The highest BCUT2D eigenvalue weighted by Gasteiger charge is 2.27. The van der Waals surface area contributed by atoms with Crippen molar-refractivity contribution in [1.29, 1.82) is 0 Å². The van der Waals surface area contributed by atoms with Crippen molar-refractivity contribution in [3.8, 4) is 0 Å². The molecule has 0 spiro atoms. The average Bonchev–Trinajstić information content (AvgIpc) is 2.82. The van der Waals surface area contributed by atoms with E-state index in [1.807, 2.05) is 37.3 Å². The SMILES string of the molecule is Cc1ccccc1S(=O)(=O)NC1CCc2ccccc21. The van der Waals surface area contributed by atoms with Crippen LogP contribution >= 0.6 is 0 Å². The minimum absolute atomic E-state index is 0.115. The first-order valence-electron chi connectivity index (χ1n) is 6.74. The van der Waals surface area contributed by atoms with Crippen LogP contribution in [0.5, 0.6) is 0 Å². The Hall–Kier alpha value is -1.65. The van der Waals surface area contributed by atoms with Gasteiger partial charge in [0.05, 0.1) is 4.90 Å². The van der Waals surface area contributed by atoms with Gasteiger partial charge in [-0.05, 0) is 42.5 Å². The monoisotopic (exact) mass is 287 g/mol. The zero-order valence-electron chi connectivity index (χ0n) is 11.3. The molecule has 0 saturated carbocycles. The van der Waals surface area contributed by atoms with Crippen molar-refractivity contribution in [3.63, 3.8) is 0 Å². The second kappa shape index (κ2) is 5.04. The fourth-order valence-electron chi connectivity index (χ4n) is 2.79. The maximum absolute atomic E-state index is 12.5. The molecular formula is C16H17NO2S. The second-order valence-corrected chi connectivity index (χ2v) is 6.86. The fraction of sp³-hybridized carbons (Fsp3) is 0.250. The topological polar surface area (TPSA) is 46.2 Å². The van der Waals surface area contributed by atoms with Crippen molar-refractivity contribution in [3.05, 3.63) is 65.2 Å². The highest BCUT2D eigenvalue weighted by molar-refractivity contribution is 7.89. The standard InChI is InChI=1S/C16H17NO2S/c1-12-6-2-5-9-16(12)20(18,19)17-15-11-10-13-7-3-4-8-14(13)15/h2-9,15,17H,10-11H2,1H3. The number of fused-ring (bicyclic) bond motifs is 1. The van der Waals surface area contributed by atoms with E-state index in [0.717, 1.165) is 24.0 Å². The molecule has 3 rings (SSSR count). The Balaban J connectivity index is 1.91. The second-order valence-electron chi connectivity index (χ2n) is 5.18. The number of hydrogen-bond acceptors (Lipinski definition) is 2. The number of benzene rings is 2. The van der Waals surface area contributed by atoms with Gasteiger partial charge in [0.1, 0.15) is 0 Å². The van der Waals surface area contributed by atoms with Crippen LogP contribution < -0.4 is 4.72 Å². The van der Waals surface area contributed by atoms with E-state index >= 15 is 0 Å². The zero-order chi connectivity index (χ0) is 14.2. The maximum Gasteiger partial charge on any atom is 0.241 e. The van der Waals surface area contributed by atoms with Gasteiger partial charge in [-0.2, -0.15) is 0 Å². The molecule has 1 unspecified atom stereocenters. The zero-order valence-corrected chi connectivity index (χ0v) is 12.2. The molecule has 0 aliphatic heterocycles. The number of aryl methyl sites for hydroxylation is 2. The maximum atomic E-state index is 12.5. The Bertz CT molecular complexity index is 738. The van der Waals surface area contributed by atoms with Crippen LogP contribution in [0.2, 0.25) is 0 Å². The predicted octanol–water partition coefficient (Wildman–Crippen LogP) is 2.96.